The molecule has 30 heavy (non-hydrogen) atoms. The van der Waals surface area contributed by atoms with Crippen molar-refractivity contribution in [1.82, 2.24) is 5.01 Å². The van der Waals surface area contributed by atoms with E-state index in [1.165, 1.54) is 5.01 Å². The number of anilines is 2. The summed E-state index contributed by atoms with van der Waals surface area (Å²) in [7, 11) is 0. The van der Waals surface area contributed by atoms with Gasteiger partial charge in [0.15, 0.2) is 12.1 Å². The summed E-state index contributed by atoms with van der Waals surface area (Å²) in [5.74, 6) is -1.18. The number of imide groups is 1. The molecule has 0 spiro atoms. The Balaban J connectivity index is 1.46. The quantitative estimate of drug-likeness (QED) is 0.569. The highest BCUT2D eigenvalue weighted by atomic mass is 32.2. The predicted octanol–water partition coefficient (Wildman–Crippen LogP) is 2.90. The number of thioether (sulfide) groups is 1. The van der Waals surface area contributed by atoms with Crippen LogP contribution in [0.15, 0.2) is 63.8 Å². The number of hydrogen-bond donors (Lipinski definition) is 1. The van der Waals surface area contributed by atoms with E-state index in [-0.39, 0.29) is 12.5 Å². The molecule has 0 saturated carbocycles. The number of hydrogen-bond acceptors (Lipinski definition) is 7. The van der Waals surface area contributed by atoms with Crippen LogP contribution >= 0.6 is 11.8 Å². The van der Waals surface area contributed by atoms with Crippen LogP contribution in [0.5, 0.6) is 0 Å². The summed E-state index contributed by atoms with van der Waals surface area (Å²) < 4.78 is 0. The lowest BCUT2D eigenvalue weighted by Crippen LogP contribution is -2.43. The maximum atomic E-state index is 13.0. The van der Waals surface area contributed by atoms with Crippen molar-refractivity contribution in [2.45, 2.75) is 30.3 Å². The first kappa shape index (κ1) is 20.1. The number of nitrogens with zero attached hydrogens (tertiary/aromatic N) is 4. The molecule has 4 rings (SSSR count). The van der Waals surface area contributed by atoms with Crippen LogP contribution in [0, 0.1) is 0 Å². The Bertz CT molecular complexity index is 1020. The molecule has 154 valence electrons. The molecule has 0 radical (unpaired) electrons. The van der Waals surface area contributed by atoms with E-state index >= 15 is 0 Å². The largest absolute Gasteiger partial charge is 0.324 e. The molecule has 3 amide bonds. The zero-order valence-corrected chi connectivity index (χ0v) is 17.4. The maximum absolute atomic E-state index is 13.0. The smallest absolute Gasteiger partial charge is 0.263 e. The van der Waals surface area contributed by atoms with Gasteiger partial charge in [0.05, 0.1) is 5.69 Å². The van der Waals surface area contributed by atoms with Gasteiger partial charge in [0, 0.05) is 10.6 Å². The number of aryl methyl sites for hydroxylation is 1. The van der Waals surface area contributed by atoms with Gasteiger partial charge in [0.2, 0.25) is 5.91 Å². The van der Waals surface area contributed by atoms with Crippen molar-refractivity contribution >= 4 is 40.9 Å². The van der Waals surface area contributed by atoms with Crippen molar-refractivity contribution in [1.29, 1.82) is 0 Å². The maximum Gasteiger partial charge on any atom is 0.263 e. The van der Waals surface area contributed by atoms with Gasteiger partial charge in [-0.2, -0.15) is 5.11 Å². The van der Waals surface area contributed by atoms with Gasteiger partial charge in [-0.3, -0.25) is 19.4 Å². The predicted molar refractivity (Wildman–Crippen MR) is 114 cm³/mol. The number of benzene rings is 2. The first-order valence-electron chi connectivity index (χ1n) is 9.60. The Kier molecular flexibility index (Phi) is 5.54. The molecule has 2 heterocycles. The van der Waals surface area contributed by atoms with E-state index in [2.05, 4.69) is 15.7 Å². The summed E-state index contributed by atoms with van der Waals surface area (Å²) in [6.07, 6.45) is 2.82. The third-order valence-electron chi connectivity index (χ3n) is 5.12. The van der Waals surface area contributed by atoms with Gasteiger partial charge < -0.3 is 5.32 Å². The van der Waals surface area contributed by atoms with Crippen molar-refractivity contribution in [3.63, 3.8) is 0 Å². The van der Waals surface area contributed by atoms with Gasteiger partial charge >= 0.3 is 0 Å². The fraction of sp³-hybridized carbons (Fsp3) is 0.286. The minimum atomic E-state index is -0.920. The molecule has 0 bridgehead atoms. The van der Waals surface area contributed by atoms with Crippen LogP contribution in [-0.2, 0) is 20.8 Å². The second-order valence-corrected chi connectivity index (χ2v) is 7.88. The lowest BCUT2D eigenvalue weighted by molar-refractivity contribution is -0.123. The molecule has 2 aliphatic heterocycles. The molecule has 8 nitrogen and oxygen atoms in total. The summed E-state index contributed by atoms with van der Waals surface area (Å²) >= 11 is 1.57. The lowest BCUT2D eigenvalue weighted by Gasteiger charge is -2.20. The van der Waals surface area contributed by atoms with Crippen molar-refractivity contribution < 1.29 is 14.4 Å². The minimum Gasteiger partial charge on any atom is -0.324 e. The monoisotopic (exact) mass is 423 g/mol. The topological polar surface area (TPSA) is 94.4 Å². The molecule has 1 fully saturated rings. The summed E-state index contributed by atoms with van der Waals surface area (Å²) in [6, 6.07) is 12.9. The van der Waals surface area contributed by atoms with Crippen molar-refractivity contribution in [2.75, 3.05) is 23.0 Å². The van der Waals surface area contributed by atoms with Crippen LogP contribution < -0.4 is 10.2 Å². The summed E-state index contributed by atoms with van der Waals surface area (Å²) in [5, 5.41) is 12.0. The van der Waals surface area contributed by atoms with Crippen molar-refractivity contribution in [2.24, 2.45) is 10.3 Å². The van der Waals surface area contributed by atoms with Gasteiger partial charge in [0.1, 0.15) is 6.54 Å². The number of rotatable bonds is 6. The van der Waals surface area contributed by atoms with Gasteiger partial charge in [-0.05, 0) is 48.6 Å². The van der Waals surface area contributed by atoms with Crippen LogP contribution in [-0.4, -0.2) is 47.6 Å². The van der Waals surface area contributed by atoms with Gasteiger partial charge in [-0.25, -0.2) is 4.90 Å². The van der Waals surface area contributed by atoms with Gasteiger partial charge in [0.25, 0.3) is 11.8 Å². The van der Waals surface area contributed by atoms with Gasteiger partial charge in [-0.15, -0.1) is 11.8 Å². The average molecular weight is 423 g/mol. The molecule has 0 aromatic heterocycles. The minimum absolute atomic E-state index is 0.171. The Morgan fingerprint density at radius 1 is 1.13 bits per heavy atom. The Morgan fingerprint density at radius 2 is 1.90 bits per heavy atom. The highest BCUT2D eigenvalue weighted by molar-refractivity contribution is 7.98. The summed E-state index contributed by atoms with van der Waals surface area (Å²) in [5.41, 5.74) is 2.28. The van der Waals surface area contributed by atoms with E-state index in [1.807, 2.05) is 43.5 Å². The SMILES string of the molecule is CCc1ccc(N2C(=O)[C@@H]3[C@@H](N=NN3CC(=O)Nc3cccc(SC)c3)C2=O)cc1. The highest BCUT2D eigenvalue weighted by Gasteiger charge is 2.55. The highest BCUT2D eigenvalue weighted by Crippen LogP contribution is 2.32. The van der Waals surface area contributed by atoms with Crippen LogP contribution in [0.3, 0.4) is 0 Å². The molecule has 1 saturated heterocycles. The Labute approximate surface area is 178 Å². The second kappa shape index (κ2) is 8.27. The van der Waals surface area contributed by atoms with E-state index in [0.717, 1.165) is 21.8 Å². The molecule has 0 aliphatic carbocycles. The molecular weight excluding hydrogens is 402 g/mol. The van der Waals surface area contributed by atoms with Crippen LogP contribution in [0.1, 0.15) is 12.5 Å². The van der Waals surface area contributed by atoms with E-state index < -0.39 is 23.9 Å². The Morgan fingerprint density at radius 3 is 2.60 bits per heavy atom. The molecule has 2 aliphatic rings. The van der Waals surface area contributed by atoms with E-state index in [1.54, 1.807) is 30.0 Å². The molecule has 0 unspecified atom stereocenters. The molecule has 2 aromatic rings. The van der Waals surface area contributed by atoms with E-state index in [4.69, 9.17) is 0 Å². The second-order valence-electron chi connectivity index (χ2n) is 7.00. The first-order valence-corrected chi connectivity index (χ1v) is 10.8. The number of fused-ring (bicyclic) bond motifs is 1. The molecule has 1 N–H and O–H groups in total. The van der Waals surface area contributed by atoms with E-state index in [9.17, 15) is 14.4 Å². The van der Waals surface area contributed by atoms with E-state index in [0.29, 0.717) is 11.4 Å². The molecular formula is C21H21N5O3S. The van der Waals surface area contributed by atoms with Crippen molar-refractivity contribution in [3.8, 4) is 0 Å². The number of carbonyl (C=O) groups excluding carboxylic acids is 3. The first-order chi connectivity index (χ1) is 14.5. The van der Waals surface area contributed by atoms with Crippen LogP contribution in [0.4, 0.5) is 11.4 Å². The summed E-state index contributed by atoms with van der Waals surface area (Å²) in [4.78, 5) is 40.4. The standard InChI is InChI=1S/C21H21N5O3S/c1-3-13-7-9-15(10-8-13)26-20(28)18-19(21(26)29)25(24-23-18)12-17(27)22-14-5-4-6-16(11-14)30-2/h4-11,18-19H,3,12H2,1-2H3,(H,22,27)/t18-,19+/m1/s1. The van der Waals surface area contributed by atoms with Crippen LogP contribution in [0.25, 0.3) is 0 Å². The van der Waals surface area contributed by atoms with Crippen LogP contribution in [0.2, 0.25) is 0 Å². The number of nitrogens with one attached hydrogen (secondary N) is 1. The van der Waals surface area contributed by atoms with Gasteiger partial charge in [-0.1, -0.05) is 30.3 Å². The zero-order valence-electron chi connectivity index (χ0n) is 16.6. The number of carbonyl (C=O) groups is 3. The third-order valence-corrected chi connectivity index (χ3v) is 5.85. The Hall–Kier alpha value is -3.20. The number of amides is 3. The average Bonchev–Trinajstić information content (AvgIpc) is 3.27. The lowest BCUT2D eigenvalue weighted by atomic mass is 10.1. The van der Waals surface area contributed by atoms with Crippen molar-refractivity contribution in [3.05, 3.63) is 54.1 Å². The molecule has 2 atom stereocenters. The fourth-order valence-corrected chi connectivity index (χ4v) is 4.00. The fourth-order valence-electron chi connectivity index (χ4n) is 3.54. The summed E-state index contributed by atoms with van der Waals surface area (Å²) in [6.45, 7) is 1.86. The molecule has 2 aromatic carbocycles. The third kappa shape index (κ3) is 3.68. The normalized spacial score (nSPS) is 20.1. The zero-order chi connectivity index (χ0) is 21.3. The molecule has 9 heteroatoms.